The first-order valence-corrected chi connectivity index (χ1v) is 8.50. The van der Waals surface area contributed by atoms with Crippen LogP contribution in [0.15, 0.2) is 24.3 Å². The summed E-state index contributed by atoms with van der Waals surface area (Å²) in [4.78, 5) is 24.9. The number of carbonyl (C=O) groups is 2. The van der Waals surface area contributed by atoms with Crippen molar-refractivity contribution >= 4 is 38.6 Å². The topological polar surface area (TPSA) is 118 Å². The molecule has 2 unspecified atom stereocenters. The summed E-state index contributed by atoms with van der Waals surface area (Å²) in [5.74, 6) is -4.37. The summed E-state index contributed by atoms with van der Waals surface area (Å²) < 4.78 is 6.84. The highest BCUT2D eigenvalue weighted by Crippen LogP contribution is 2.30. The van der Waals surface area contributed by atoms with Gasteiger partial charge in [0.15, 0.2) is 5.13 Å². The second kappa shape index (κ2) is 8.75. The Hall–Kier alpha value is -2.23. The smallest absolute Gasteiger partial charge is 0.186 e. The number of piperidine rings is 1. The minimum atomic E-state index is -2.19. The molecule has 1 N–H and O–H groups in total. The van der Waals surface area contributed by atoms with Gasteiger partial charge >= 0.3 is 0 Å². The molecule has 8 nitrogen and oxygen atoms in total. The molecule has 0 radical (unpaired) electrons. The molecule has 2 atom stereocenters. The zero-order valence-corrected chi connectivity index (χ0v) is 14.7. The average molecular weight is 365 g/mol. The van der Waals surface area contributed by atoms with E-state index in [1.165, 1.54) is 4.70 Å². The summed E-state index contributed by atoms with van der Waals surface area (Å²) in [6, 6.07) is 8.69. The molecular weight excluding hydrogens is 346 g/mol. The van der Waals surface area contributed by atoms with Crippen LogP contribution in [0.5, 0.6) is 0 Å². The monoisotopic (exact) mass is 365 g/mol. The first kappa shape index (κ1) is 19.1. The second-order valence-corrected chi connectivity index (χ2v) is 6.49. The van der Waals surface area contributed by atoms with Crippen LogP contribution in [0.25, 0.3) is 10.2 Å². The number of para-hydroxylation sites is 1. The molecule has 0 amide bonds. The number of methoxy groups -OCH3 is 1. The molecule has 0 bridgehead atoms. The Morgan fingerprint density at radius 3 is 2.60 bits per heavy atom. The first-order chi connectivity index (χ1) is 11.9. The summed E-state index contributed by atoms with van der Waals surface area (Å²) in [7, 11) is 3.91. The van der Waals surface area contributed by atoms with Crippen LogP contribution in [0.2, 0.25) is 0 Å². The molecule has 1 aliphatic heterocycles. The van der Waals surface area contributed by atoms with E-state index in [4.69, 9.17) is 29.5 Å². The number of thiazole rings is 1. The molecule has 1 aliphatic rings. The Kier molecular flexibility index (Phi) is 6.68. The highest BCUT2D eigenvalue weighted by atomic mass is 32.1. The van der Waals surface area contributed by atoms with Gasteiger partial charge in [-0.1, -0.05) is 23.5 Å². The minimum absolute atomic E-state index is 0.228. The van der Waals surface area contributed by atoms with Crippen molar-refractivity contribution in [1.82, 2.24) is 10.3 Å². The van der Waals surface area contributed by atoms with Crippen LogP contribution in [0, 0.1) is 0 Å². The Balaban J connectivity index is 0.000000326. The number of carboxylic acids is 2. The number of hydrogen-bond acceptors (Lipinski definition) is 9. The second-order valence-electron chi connectivity index (χ2n) is 5.48. The third-order valence-corrected chi connectivity index (χ3v) is 5.07. The van der Waals surface area contributed by atoms with Crippen molar-refractivity contribution in [3.05, 3.63) is 24.3 Å². The molecular formula is C16H19N3O5S-2. The van der Waals surface area contributed by atoms with Crippen molar-refractivity contribution in [3.63, 3.8) is 0 Å². The summed E-state index contributed by atoms with van der Waals surface area (Å²) in [5, 5.41) is 22.3. The van der Waals surface area contributed by atoms with Gasteiger partial charge in [-0.2, -0.15) is 0 Å². The number of nitrogens with one attached hydrogen (secondary N) is 1. The Morgan fingerprint density at radius 2 is 2.00 bits per heavy atom. The molecule has 2 heterocycles. The van der Waals surface area contributed by atoms with Gasteiger partial charge in [-0.25, -0.2) is 4.98 Å². The van der Waals surface area contributed by atoms with Crippen LogP contribution in [0.4, 0.5) is 5.13 Å². The fraction of sp³-hybridized carbons (Fsp3) is 0.438. The molecule has 3 rings (SSSR count). The largest absolute Gasteiger partial charge is 0.543 e. The van der Waals surface area contributed by atoms with Crippen molar-refractivity contribution < 1.29 is 24.5 Å². The lowest BCUT2D eigenvalue weighted by molar-refractivity contribution is -0.345. The van der Waals surface area contributed by atoms with E-state index in [0.717, 1.165) is 30.2 Å². The molecule has 25 heavy (non-hydrogen) atoms. The number of rotatable bonds is 3. The molecule has 1 aromatic heterocycles. The van der Waals surface area contributed by atoms with Crippen molar-refractivity contribution in [2.24, 2.45) is 0 Å². The van der Waals surface area contributed by atoms with E-state index in [0.29, 0.717) is 6.04 Å². The van der Waals surface area contributed by atoms with Gasteiger partial charge in [0.05, 0.1) is 34.3 Å². The quantitative estimate of drug-likeness (QED) is 0.660. The summed E-state index contributed by atoms with van der Waals surface area (Å²) in [6.45, 7) is 1.95. The lowest BCUT2D eigenvalue weighted by Gasteiger charge is -2.37. The van der Waals surface area contributed by atoms with E-state index in [2.05, 4.69) is 35.5 Å². The number of hydrogen-bond donors (Lipinski definition) is 1. The molecule has 1 fully saturated rings. The number of ether oxygens (including phenoxy) is 1. The van der Waals surface area contributed by atoms with Gasteiger partial charge in [-0.15, -0.1) is 0 Å². The lowest BCUT2D eigenvalue weighted by Crippen LogP contribution is -2.52. The number of aliphatic carboxylic acids is 2. The van der Waals surface area contributed by atoms with Crippen molar-refractivity contribution in [2.45, 2.75) is 18.6 Å². The number of nitrogens with zero attached hydrogens (tertiary/aromatic N) is 2. The number of benzene rings is 1. The maximum absolute atomic E-state index is 8.93. The van der Waals surface area contributed by atoms with Crippen LogP contribution in [-0.4, -0.2) is 56.3 Å². The van der Waals surface area contributed by atoms with Crippen LogP contribution in [-0.2, 0) is 14.3 Å². The third-order valence-electron chi connectivity index (χ3n) is 3.94. The van der Waals surface area contributed by atoms with Gasteiger partial charge in [-0.05, 0) is 25.1 Å². The molecule has 1 aromatic carbocycles. The maximum atomic E-state index is 8.93. The maximum Gasteiger partial charge on any atom is 0.186 e. The zero-order valence-electron chi connectivity index (χ0n) is 13.9. The van der Waals surface area contributed by atoms with Crippen LogP contribution >= 0.6 is 11.3 Å². The van der Waals surface area contributed by atoms with E-state index < -0.39 is 11.9 Å². The summed E-state index contributed by atoms with van der Waals surface area (Å²) in [6.07, 6.45) is 1.32. The predicted octanol–water partition coefficient (Wildman–Crippen LogP) is -1.40. The molecule has 2 aromatic rings. The number of likely N-dealkylation sites (N-methyl/N-ethyl adjacent to an activating group) is 1. The highest BCUT2D eigenvalue weighted by molar-refractivity contribution is 7.22. The lowest BCUT2D eigenvalue weighted by atomic mass is 10.0. The number of carboxylic acid groups (broad SMARTS) is 2. The molecule has 0 saturated carbocycles. The summed E-state index contributed by atoms with van der Waals surface area (Å²) in [5.41, 5.74) is 1.08. The fourth-order valence-electron chi connectivity index (χ4n) is 2.65. The molecule has 0 spiro atoms. The number of fused-ring (bicyclic) bond motifs is 1. The van der Waals surface area contributed by atoms with E-state index in [-0.39, 0.29) is 6.10 Å². The van der Waals surface area contributed by atoms with Crippen LogP contribution in [0.1, 0.15) is 6.42 Å². The molecule has 136 valence electrons. The average Bonchev–Trinajstić information content (AvgIpc) is 3.05. The van der Waals surface area contributed by atoms with Crippen LogP contribution in [0.3, 0.4) is 0 Å². The predicted molar refractivity (Wildman–Crippen MR) is 90.1 cm³/mol. The van der Waals surface area contributed by atoms with Gasteiger partial charge in [0.2, 0.25) is 0 Å². The van der Waals surface area contributed by atoms with E-state index in [1.54, 1.807) is 18.4 Å². The highest BCUT2D eigenvalue weighted by Gasteiger charge is 2.29. The van der Waals surface area contributed by atoms with E-state index >= 15 is 0 Å². The standard InChI is InChI=1S/C14H19N3OS.C2H2O4/c1-17(11-7-8-15-9-12(11)18-2)14-16-10-5-3-4-6-13(10)19-14;3-1(4)2(5)6/h3-6,11-12,15H,7-9H2,1-2H3;(H,3,4)(H,5,6)/p-2. The summed E-state index contributed by atoms with van der Waals surface area (Å²) >= 11 is 1.75. The van der Waals surface area contributed by atoms with E-state index in [1.807, 2.05) is 6.07 Å². The van der Waals surface area contributed by atoms with Crippen LogP contribution < -0.4 is 20.4 Å². The number of carbonyl (C=O) groups excluding carboxylic acids is 2. The third kappa shape index (κ3) is 4.88. The fourth-order valence-corrected chi connectivity index (χ4v) is 3.64. The van der Waals surface area contributed by atoms with Gasteiger partial charge in [0, 0.05) is 20.7 Å². The normalized spacial score (nSPS) is 19.8. The first-order valence-electron chi connectivity index (χ1n) is 7.68. The minimum Gasteiger partial charge on any atom is -0.543 e. The van der Waals surface area contributed by atoms with Gasteiger partial charge < -0.3 is 34.8 Å². The molecule has 0 aliphatic carbocycles. The number of anilines is 1. The number of aromatic nitrogens is 1. The van der Waals surface area contributed by atoms with Crippen molar-refractivity contribution in [3.8, 4) is 0 Å². The van der Waals surface area contributed by atoms with E-state index in [9.17, 15) is 0 Å². The Labute approximate surface area is 149 Å². The SMILES string of the molecule is COC1CNCCC1N(C)c1nc2ccccc2s1.O=C([O-])C(=O)[O-]. The Bertz CT molecular complexity index is 690. The van der Waals surface area contributed by atoms with Gasteiger partial charge in [0.1, 0.15) is 0 Å². The molecule has 9 heteroatoms. The van der Waals surface area contributed by atoms with Gasteiger partial charge in [-0.3, -0.25) is 0 Å². The van der Waals surface area contributed by atoms with Crippen molar-refractivity contribution in [1.29, 1.82) is 0 Å². The van der Waals surface area contributed by atoms with Crippen molar-refractivity contribution in [2.75, 3.05) is 32.1 Å². The molecule has 1 saturated heterocycles. The van der Waals surface area contributed by atoms with Gasteiger partial charge in [0.25, 0.3) is 0 Å². The zero-order chi connectivity index (χ0) is 18.4. The Morgan fingerprint density at radius 1 is 1.32 bits per heavy atom.